The van der Waals surface area contributed by atoms with Crippen molar-refractivity contribution in [1.29, 1.82) is 0 Å². The van der Waals surface area contributed by atoms with E-state index < -0.39 is 0 Å². The van der Waals surface area contributed by atoms with Gasteiger partial charge in [0.25, 0.3) is 5.88 Å². The van der Waals surface area contributed by atoms with E-state index in [2.05, 4.69) is 26.2 Å². The van der Waals surface area contributed by atoms with Gasteiger partial charge in [-0.15, -0.1) is 5.10 Å². The molecule has 0 radical (unpaired) electrons. The maximum absolute atomic E-state index is 12.8. The third-order valence-corrected chi connectivity index (χ3v) is 6.73. The molecule has 2 fully saturated rings. The topological polar surface area (TPSA) is 91.6 Å². The molecule has 0 bridgehead atoms. The van der Waals surface area contributed by atoms with Gasteiger partial charge in [-0.25, -0.2) is 14.5 Å². The molecule has 1 unspecified atom stereocenters. The predicted octanol–water partition coefficient (Wildman–Crippen LogP) is 4.30. The monoisotopic (exact) mass is 507 g/mol. The van der Waals surface area contributed by atoms with Crippen molar-refractivity contribution in [2.75, 3.05) is 19.7 Å². The number of halogens is 1. The number of aryl methyl sites for hydroxylation is 1. The summed E-state index contributed by atoms with van der Waals surface area (Å²) in [5.74, 6) is 0.842. The molecule has 32 heavy (non-hydrogen) atoms. The number of ether oxygens (including phenoxy) is 3. The van der Waals surface area contributed by atoms with E-state index in [0.29, 0.717) is 30.5 Å². The molecule has 1 atom stereocenters. The lowest BCUT2D eigenvalue weighted by molar-refractivity contribution is -0.169. The fourth-order valence-electron chi connectivity index (χ4n) is 3.82. The second kappa shape index (κ2) is 10.7. The molecule has 0 N–H and O–H groups in total. The molecule has 174 valence electrons. The van der Waals surface area contributed by atoms with Gasteiger partial charge < -0.3 is 19.1 Å². The van der Waals surface area contributed by atoms with Gasteiger partial charge in [0, 0.05) is 31.2 Å². The van der Waals surface area contributed by atoms with Gasteiger partial charge in [-0.3, -0.25) is 0 Å². The van der Waals surface area contributed by atoms with Crippen molar-refractivity contribution in [3.8, 4) is 17.3 Å². The van der Waals surface area contributed by atoms with Gasteiger partial charge >= 0.3 is 6.09 Å². The summed E-state index contributed by atoms with van der Waals surface area (Å²) in [7, 11) is 1.70. The van der Waals surface area contributed by atoms with Crippen LogP contribution in [0.1, 0.15) is 51.1 Å². The summed E-state index contributed by atoms with van der Waals surface area (Å²) in [6, 6.07) is 3.70. The van der Waals surface area contributed by atoms with E-state index in [0.717, 1.165) is 42.6 Å². The molecule has 4 rings (SSSR count). The summed E-state index contributed by atoms with van der Waals surface area (Å²) in [6.45, 7) is 4.30. The van der Waals surface area contributed by atoms with Gasteiger partial charge in [0.15, 0.2) is 12.0 Å². The highest BCUT2D eigenvalue weighted by Gasteiger charge is 2.26. The molecule has 9 nitrogen and oxygen atoms in total. The van der Waals surface area contributed by atoms with Gasteiger partial charge in [-0.2, -0.15) is 0 Å². The first kappa shape index (κ1) is 23.1. The minimum absolute atomic E-state index is 0.204. The number of nitrogens with zero attached hydrogens (tertiary/aromatic N) is 5. The molecule has 1 amide bonds. The molecule has 0 spiro atoms. The molecule has 1 saturated heterocycles. The maximum Gasteiger partial charge on any atom is 0.416 e. The Bertz CT molecular complexity index is 927. The van der Waals surface area contributed by atoms with Crippen LogP contribution in [0.5, 0.6) is 5.88 Å². The summed E-state index contributed by atoms with van der Waals surface area (Å²) in [5, 5.41) is 8.27. The average molecular weight is 508 g/mol. The van der Waals surface area contributed by atoms with Crippen molar-refractivity contribution in [3.63, 3.8) is 0 Å². The van der Waals surface area contributed by atoms with E-state index in [1.165, 1.54) is 23.9 Å². The molecule has 2 aromatic rings. The van der Waals surface area contributed by atoms with Crippen molar-refractivity contribution in [2.24, 2.45) is 13.0 Å². The zero-order chi connectivity index (χ0) is 22.5. The quantitative estimate of drug-likeness (QED) is 0.525. The van der Waals surface area contributed by atoms with Crippen molar-refractivity contribution in [2.45, 2.75) is 58.3 Å². The first-order chi connectivity index (χ1) is 15.5. The van der Waals surface area contributed by atoms with Crippen LogP contribution in [0.3, 0.4) is 0 Å². The van der Waals surface area contributed by atoms with Crippen LogP contribution in [-0.4, -0.2) is 57.0 Å². The van der Waals surface area contributed by atoms with Crippen LogP contribution in [0.25, 0.3) is 11.4 Å². The van der Waals surface area contributed by atoms with Crippen LogP contribution in [0, 0.1) is 5.92 Å². The summed E-state index contributed by atoms with van der Waals surface area (Å²) >= 11 is 3.54. The summed E-state index contributed by atoms with van der Waals surface area (Å²) in [5.41, 5.74) is 1.71. The Labute approximate surface area is 196 Å². The molecule has 2 aromatic heterocycles. The second-order valence-electron chi connectivity index (χ2n) is 8.30. The molecular formula is C22H30BrN5O4. The van der Waals surface area contributed by atoms with Crippen LogP contribution < -0.4 is 4.74 Å². The number of hydrogen-bond donors (Lipinski definition) is 0. The van der Waals surface area contributed by atoms with Gasteiger partial charge in [0.2, 0.25) is 0 Å². The van der Waals surface area contributed by atoms with E-state index in [9.17, 15) is 4.79 Å². The molecular weight excluding hydrogens is 478 g/mol. The number of carbonyl (C=O) groups is 1. The highest BCUT2D eigenvalue weighted by molar-refractivity contribution is 9.10. The Morgan fingerprint density at radius 3 is 2.81 bits per heavy atom. The smallest absolute Gasteiger partial charge is 0.389 e. The largest absolute Gasteiger partial charge is 0.416 e. The standard InChI is InChI=1S/C22H30BrN5O4/c1-3-28(13-15-7-6-8-15)22(29)32-21-20(25-26-27(21)2)17-11-10-16(23)18(24-17)14-31-19-9-4-5-12-30-19/h10-11,15,19H,3-9,12-14H2,1-2H3. The zero-order valence-corrected chi connectivity index (χ0v) is 20.2. The fraction of sp³-hybridized carbons (Fsp3) is 0.636. The minimum atomic E-state index is -0.388. The van der Waals surface area contributed by atoms with Crippen LogP contribution >= 0.6 is 15.9 Å². The number of hydrogen-bond acceptors (Lipinski definition) is 7. The van der Waals surface area contributed by atoms with Crippen LogP contribution in [0.4, 0.5) is 4.79 Å². The maximum atomic E-state index is 12.8. The van der Waals surface area contributed by atoms with E-state index in [1.807, 2.05) is 19.1 Å². The van der Waals surface area contributed by atoms with E-state index in [-0.39, 0.29) is 18.3 Å². The minimum Gasteiger partial charge on any atom is -0.389 e. The first-order valence-corrected chi connectivity index (χ1v) is 12.1. The number of aromatic nitrogens is 4. The third kappa shape index (κ3) is 5.47. The first-order valence-electron chi connectivity index (χ1n) is 11.3. The summed E-state index contributed by atoms with van der Waals surface area (Å²) in [4.78, 5) is 19.3. The zero-order valence-electron chi connectivity index (χ0n) is 18.6. The lowest BCUT2D eigenvalue weighted by atomic mass is 9.85. The Morgan fingerprint density at radius 1 is 1.28 bits per heavy atom. The summed E-state index contributed by atoms with van der Waals surface area (Å²) in [6.07, 6.45) is 6.04. The third-order valence-electron chi connectivity index (χ3n) is 6.01. The van der Waals surface area contributed by atoms with E-state index in [4.69, 9.17) is 19.2 Å². The molecule has 2 aliphatic rings. The van der Waals surface area contributed by atoms with Crippen LogP contribution in [-0.2, 0) is 23.1 Å². The lowest BCUT2D eigenvalue weighted by Gasteiger charge is -2.31. The highest BCUT2D eigenvalue weighted by Crippen LogP contribution is 2.30. The van der Waals surface area contributed by atoms with Gasteiger partial charge in [0.1, 0.15) is 0 Å². The molecule has 0 aromatic carbocycles. The highest BCUT2D eigenvalue weighted by atomic mass is 79.9. The molecule has 10 heteroatoms. The van der Waals surface area contributed by atoms with Gasteiger partial charge in [0.05, 0.1) is 18.0 Å². The van der Waals surface area contributed by atoms with E-state index in [1.54, 1.807) is 11.9 Å². The lowest BCUT2D eigenvalue weighted by Crippen LogP contribution is -2.39. The Morgan fingerprint density at radius 2 is 2.12 bits per heavy atom. The van der Waals surface area contributed by atoms with Crippen molar-refractivity contribution in [1.82, 2.24) is 24.9 Å². The van der Waals surface area contributed by atoms with Crippen molar-refractivity contribution in [3.05, 3.63) is 22.3 Å². The fourth-order valence-corrected chi connectivity index (χ4v) is 4.16. The number of rotatable bonds is 8. The van der Waals surface area contributed by atoms with Gasteiger partial charge in [-0.05, 0) is 73.0 Å². The Balaban J connectivity index is 1.48. The average Bonchev–Trinajstić information content (AvgIpc) is 3.13. The molecule has 3 heterocycles. The summed E-state index contributed by atoms with van der Waals surface area (Å²) < 4.78 is 19.6. The SMILES string of the molecule is CCN(CC1CCC1)C(=O)Oc1c(-c2ccc(Br)c(COC3CCCCO3)n2)nnn1C. The van der Waals surface area contributed by atoms with Crippen molar-refractivity contribution >= 4 is 22.0 Å². The van der Waals surface area contributed by atoms with E-state index >= 15 is 0 Å². The number of carbonyl (C=O) groups excluding carboxylic acids is 1. The normalized spacial score (nSPS) is 18.9. The Hall–Kier alpha value is -2.04. The second-order valence-corrected chi connectivity index (χ2v) is 9.16. The van der Waals surface area contributed by atoms with Crippen molar-refractivity contribution < 1.29 is 19.0 Å². The predicted molar refractivity (Wildman–Crippen MR) is 121 cm³/mol. The van der Waals surface area contributed by atoms with Gasteiger partial charge in [-0.1, -0.05) is 11.6 Å². The van der Waals surface area contributed by atoms with Crippen LogP contribution in [0.15, 0.2) is 16.6 Å². The molecule has 1 saturated carbocycles. The molecule has 1 aliphatic heterocycles. The Kier molecular flexibility index (Phi) is 7.75. The number of pyridine rings is 1. The van der Waals surface area contributed by atoms with Crippen LogP contribution in [0.2, 0.25) is 0 Å². The number of amides is 1. The molecule has 1 aliphatic carbocycles.